The normalized spacial score (nSPS) is 11.8. The average Bonchev–Trinajstić information content (AvgIpc) is 2.78. The standard InChI is InChI=1S/C16H12OS/c1-2-16(17)18-15-9-5-8-13-12-7-4-3-6-11(12)10-14(13)15/h2-9H,1,10H2. The van der Waals surface area contributed by atoms with Crippen molar-refractivity contribution in [3.8, 4) is 11.1 Å². The fourth-order valence-corrected chi connectivity index (χ4v) is 3.13. The van der Waals surface area contributed by atoms with Crippen LogP contribution in [-0.4, -0.2) is 5.12 Å². The Morgan fingerprint density at radius 3 is 2.72 bits per heavy atom. The third kappa shape index (κ3) is 1.79. The van der Waals surface area contributed by atoms with Crippen molar-refractivity contribution in [3.63, 3.8) is 0 Å². The smallest absolute Gasteiger partial charge is 0.216 e. The molecule has 0 unspecified atom stereocenters. The van der Waals surface area contributed by atoms with Gasteiger partial charge in [-0.25, -0.2) is 0 Å². The van der Waals surface area contributed by atoms with Crippen molar-refractivity contribution in [1.82, 2.24) is 0 Å². The molecule has 0 N–H and O–H groups in total. The highest BCUT2D eigenvalue weighted by molar-refractivity contribution is 8.14. The van der Waals surface area contributed by atoms with Gasteiger partial charge in [0.15, 0.2) is 0 Å². The quantitative estimate of drug-likeness (QED) is 0.505. The Labute approximate surface area is 111 Å². The summed E-state index contributed by atoms with van der Waals surface area (Å²) in [5.74, 6) is 0. The summed E-state index contributed by atoms with van der Waals surface area (Å²) in [5, 5.41) is -0.000596. The first-order valence-corrected chi connectivity index (χ1v) is 6.65. The fraction of sp³-hybridized carbons (Fsp3) is 0.0625. The van der Waals surface area contributed by atoms with E-state index in [4.69, 9.17) is 0 Å². The molecule has 18 heavy (non-hydrogen) atoms. The summed E-state index contributed by atoms with van der Waals surface area (Å²) in [5.41, 5.74) is 5.15. The van der Waals surface area contributed by atoms with E-state index in [1.54, 1.807) is 0 Å². The Morgan fingerprint density at radius 1 is 1.11 bits per heavy atom. The van der Waals surface area contributed by atoms with Gasteiger partial charge in [-0.15, -0.1) is 0 Å². The number of thioether (sulfide) groups is 1. The molecule has 2 aromatic rings. The first-order chi connectivity index (χ1) is 8.79. The van der Waals surface area contributed by atoms with Crippen molar-refractivity contribution >= 4 is 16.9 Å². The van der Waals surface area contributed by atoms with Gasteiger partial charge in [-0.05, 0) is 52.6 Å². The van der Waals surface area contributed by atoms with Gasteiger partial charge in [-0.3, -0.25) is 4.79 Å². The van der Waals surface area contributed by atoms with Crippen LogP contribution in [0.25, 0.3) is 11.1 Å². The molecule has 0 radical (unpaired) electrons. The molecule has 0 atom stereocenters. The van der Waals surface area contributed by atoms with E-state index in [1.807, 2.05) is 12.1 Å². The zero-order chi connectivity index (χ0) is 12.5. The summed E-state index contributed by atoms with van der Waals surface area (Å²) >= 11 is 1.26. The van der Waals surface area contributed by atoms with Gasteiger partial charge in [0.2, 0.25) is 5.12 Å². The molecule has 88 valence electrons. The van der Waals surface area contributed by atoms with Crippen molar-refractivity contribution in [2.45, 2.75) is 11.3 Å². The predicted octanol–water partition coefficient (Wildman–Crippen LogP) is 4.06. The van der Waals surface area contributed by atoms with Gasteiger partial charge in [-0.2, -0.15) is 0 Å². The minimum Gasteiger partial charge on any atom is -0.282 e. The molecule has 0 fully saturated rings. The van der Waals surface area contributed by atoms with Gasteiger partial charge in [0.25, 0.3) is 0 Å². The van der Waals surface area contributed by atoms with E-state index in [0.29, 0.717) is 0 Å². The van der Waals surface area contributed by atoms with Gasteiger partial charge in [0.05, 0.1) is 0 Å². The highest BCUT2D eigenvalue weighted by Crippen LogP contribution is 2.41. The van der Waals surface area contributed by atoms with Crippen LogP contribution >= 0.6 is 11.8 Å². The summed E-state index contributed by atoms with van der Waals surface area (Å²) in [6.45, 7) is 3.52. The Bertz CT molecular complexity index is 643. The third-order valence-electron chi connectivity index (χ3n) is 3.19. The van der Waals surface area contributed by atoms with Crippen LogP contribution in [0.5, 0.6) is 0 Å². The number of rotatable bonds is 2. The summed E-state index contributed by atoms with van der Waals surface area (Å²) in [7, 11) is 0. The summed E-state index contributed by atoms with van der Waals surface area (Å²) in [4.78, 5) is 12.5. The maximum absolute atomic E-state index is 11.5. The average molecular weight is 252 g/mol. The second-order valence-electron chi connectivity index (χ2n) is 4.24. The highest BCUT2D eigenvalue weighted by atomic mass is 32.2. The summed E-state index contributed by atoms with van der Waals surface area (Å²) in [6, 6.07) is 14.6. The maximum Gasteiger partial charge on any atom is 0.216 e. The van der Waals surface area contributed by atoms with E-state index in [9.17, 15) is 4.79 Å². The Morgan fingerprint density at radius 2 is 1.89 bits per heavy atom. The molecule has 2 aromatic carbocycles. The van der Waals surface area contributed by atoms with E-state index < -0.39 is 0 Å². The molecular weight excluding hydrogens is 240 g/mol. The Hall–Kier alpha value is -1.80. The Kier molecular flexibility index (Phi) is 2.80. The number of carbonyl (C=O) groups is 1. The lowest BCUT2D eigenvalue weighted by molar-refractivity contribution is -0.107. The monoisotopic (exact) mass is 252 g/mol. The van der Waals surface area contributed by atoms with E-state index >= 15 is 0 Å². The first-order valence-electron chi connectivity index (χ1n) is 5.84. The molecule has 0 heterocycles. The molecule has 0 amide bonds. The topological polar surface area (TPSA) is 17.1 Å². The molecule has 0 spiro atoms. The van der Waals surface area contributed by atoms with Crippen molar-refractivity contribution in [1.29, 1.82) is 0 Å². The first kappa shape index (κ1) is 11.3. The highest BCUT2D eigenvalue weighted by Gasteiger charge is 2.21. The van der Waals surface area contributed by atoms with Crippen LogP contribution in [0.3, 0.4) is 0 Å². The van der Waals surface area contributed by atoms with E-state index in [2.05, 4.69) is 36.9 Å². The van der Waals surface area contributed by atoms with E-state index in [1.165, 1.54) is 40.1 Å². The molecule has 0 bridgehead atoms. The lowest BCUT2D eigenvalue weighted by Crippen LogP contribution is -1.89. The van der Waals surface area contributed by atoms with Crippen LogP contribution in [0.15, 0.2) is 60.0 Å². The van der Waals surface area contributed by atoms with Crippen molar-refractivity contribution in [2.75, 3.05) is 0 Å². The minimum absolute atomic E-state index is 0.000596. The second-order valence-corrected chi connectivity index (χ2v) is 5.29. The van der Waals surface area contributed by atoms with Gasteiger partial charge in [-0.1, -0.05) is 43.0 Å². The van der Waals surface area contributed by atoms with Crippen LogP contribution in [0.4, 0.5) is 0 Å². The van der Waals surface area contributed by atoms with Gasteiger partial charge >= 0.3 is 0 Å². The maximum atomic E-state index is 11.5. The lowest BCUT2D eigenvalue weighted by atomic mass is 10.1. The molecule has 2 heteroatoms. The molecule has 1 aliphatic rings. The number of hydrogen-bond donors (Lipinski definition) is 0. The SMILES string of the molecule is C=CC(=O)Sc1cccc2c1Cc1ccccc1-2. The fourth-order valence-electron chi connectivity index (χ4n) is 2.37. The van der Waals surface area contributed by atoms with Crippen LogP contribution in [0.2, 0.25) is 0 Å². The van der Waals surface area contributed by atoms with Crippen molar-refractivity contribution in [3.05, 3.63) is 66.2 Å². The molecule has 1 aliphatic carbocycles. The third-order valence-corrected chi connectivity index (χ3v) is 4.16. The number of hydrogen-bond acceptors (Lipinski definition) is 2. The van der Waals surface area contributed by atoms with Crippen LogP contribution in [0, 0.1) is 0 Å². The molecule has 0 saturated carbocycles. The zero-order valence-electron chi connectivity index (χ0n) is 9.85. The molecule has 0 aromatic heterocycles. The largest absolute Gasteiger partial charge is 0.282 e. The van der Waals surface area contributed by atoms with E-state index in [0.717, 1.165) is 11.3 Å². The zero-order valence-corrected chi connectivity index (χ0v) is 10.7. The summed E-state index contributed by atoms with van der Waals surface area (Å²) < 4.78 is 0. The van der Waals surface area contributed by atoms with Crippen LogP contribution < -0.4 is 0 Å². The van der Waals surface area contributed by atoms with Gasteiger partial charge in [0, 0.05) is 4.90 Å². The molecule has 1 nitrogen and oxygen atoms in total. The molecule has 0 saturated heterocycles. The number of carbonyl (C=O) groups excluding carboxylic acids is 1. The molecular formula is C16H12OS. The number of fused-ring (bicyclic) bond motifs is 3. The number of benzene rings is 2. The lowest BCUT2D eigenvalue weighted by Gasteiger charge is -2.05. The van der Waals surface area contributed by atoms with Crippen LogP contribution in [0.1, 0.15) is 11.1 Å². The predicted molar refractivity (Wildman–Crippen MR) is 75.7 cm³/mol. The minimum atomic E-state index is -0.000596. The second kappa shape index (κ2) is 4.46. The van der Waals surface area contributed by atoms with Gasteiger partial charge < -0.3 is 0 Å². The molecule has 3 rings (SSSR count). The van der Waals surface area contributed by atoms with Crippen LogP contribution in [-0.2, 0) is 11.2 Å². The molecule has 0 aliphatic heterocycles. The van der Waals surface area contributed by atoms with E-state index in [-0.39, 0.29) is 5.12 Å². The van der Waals surface area contributed by atoms with Crippen molar-refractivity contribution < 1.29 is 4.79 Å². The van der Waals surface area contributed by atoms with Gasteiger partial charge in [0.1, 0.15) is 0 Å². The van der Waals surface area contributed by atoms with Crippen molar-refractivity contribution in [2.24, 2.45) is 0 Å². The Balaban J connectivity index is 2.08. The summed E-state index contributed by atoms with van der Waals surface area (Å²) in [6.07, 6.45) is 2.28.